The van der Waals surface area contributed by atoms with Crippen molar-refractivity contribution < 1.29 is 37.0 Å². The highest BCUT2D eigenvalue weighted by molar-refractivity contribution is 5.92. The smallest absolute Gasteiger partial charge is 0.475 e. The van der Waals surface area contributed by atoms with Crippen molar-refractivity contribution in [2.24, 2.45) is 13.0 Å². The number of carboxylic acid groups (broad SMARTS) is 1. The number of carboxylic acids is 1. The first-order chi connectivity index (χ1) is 15.0. The van der Waals surface area contributed by atoms with Crippen LogP contribution in [0.2, 0.25) is 0 Å². The molecule has 4 heterocycles. The molecule has 0 aliphatic carbocycles. The lowest BCUT2D eigenvalue weighted by Crippen LogP contribution is -2.38. The number of carbonyl (C=O) groups excluding carboxylic acids is 1. The van der Waals surface area contributed by atoms with Crippen LogP contribution in [0.25, 0.3) is 0 Å². The van der Waals surface area contributed by atoms with Crippen LogP contribution < -0.4 is 0 Å². The number of aryl methyl sites for hydroxylation is 2. The van der Waals surface area contributed by atoms with E-state index >= 15 is 0 Å². The fraction of sp³-hybridized carbons (Fsp3) is 0.524. The van der Waals surface area contributed by atoms with E-state index in [0.29, 0.717) is 19.1 Å². The van der Waals surface area contributed by atoms with Crippen molar-refractivity contribution in [2.45, 2.75) is 25.7 Å². The fourth-order valence-corrected chi connectivity index (χ4v) is 3.93. The van der Waals surface area contributed by atoms with Crippen LogP contribution in [0.5, 0.6) is 0 Å². The maximum atomic E-state index is 12.8. The highest BCUT2D eigenvalue weighted by Crippen LogP contribution is 2.26. The summed E-state index contributed by atoms with van der Waals surface area (Å²) in [5.41, 5.74) is 0.736. The second kappa shape index (κ2) is 9.78. The van der Waals surface area contributed by atoms with Crippen LogP contribution in [0.15, 0.2) is 34.9 Å². The first-order valence-corrected chi connectivity index (χ1v) is 10.1. The molecule has 1 amide bonds. The molecule has 2 atom stereocenters. The number of aliphatic carboxylic acids is 1. The average molecular weight is 457 g/mol. The standard InChI is InChI=1S/C19H25N3O3.C2HF3O2/c1-14-5-6-16(25-14)12-21-10-15-11-22(8-9-24-18(15)13-21)19(23)17-4-3-7-20(17)2;3-2(4,5)1(6)7/h3-7,15,18H,8-13H2,1-2H3;(H,6,7)/t15-,18-;/m1./s1. The van der Waals surface area contributed by atoms with Crippen molar-refractivity contribution in [3.05, 3.63) is 47.7 Å². The van der Waals surface area contributed by atoms with Gasteiger partial charge in [-0.15, -0.1) is 0 Å². The van der Waals surface area contributed by atoms with Gasteiger partial charge in [-0.2, -0.15) is 13.2 Å². The molecule has 32 heavy (non-hydrogen) atoms. The number of aromatic nitrogens is 1. The van der Waals surface area contributed by atoms with Crippen molar-refractivity contribution in [1.82, 2.24) is 14.4 Å². The van der Waals surface area contributed by atoms with Gasteiger partial charge in [-0.05, 0) is 31.2 Å². The van der Waals surface area contributed by atoms with E-state index in [1.807, 2.05) is 53.9 Å². The van der Waals surface area contributed by atoms with Crippen molar-refractivity contribution in [2.75, 3.05) is 32.8 Å². The minimum absolute atomic E-state index is 0.0943. The van der Waals surface area contributed by atoms with Gasteiger partial charge < -0.3 is 23.7 Å². The largest absolute Gasteiger partial charge is 0.490 e. The SMILES string of the molecule is Cc1ccc(CN2C[C@@H]3CN(C(=O)c4cccn4C)CCO[C@@H]3C2)o1.O=C(O)C(F)(F)F. The van der Waals surface area contributed by atoms with Crippen LogP contribution in [0.1, 0.15) is 22.0 Å². The normalized spacial score (nSPS) is 21.5. The second-order valence-corrected chi connectivity index (χ2v) is 7.93. The molecule has 2 aliphatic rings. The van der Waals surface area contributed by atoms with Gasteiger partial charge in [0.2, 0.25) is 0 Å². The van der Waals surface area contributed by atoms with E-state index in [1.54, 1.807) is 0 Å². The molecule has 2 aliphatic heterocycles. The Labute approximate surface area is 183 Å². The molecule has 0 unspecified atom stereocenters. The summed E-state index contributed by atoms with van der Waals surface area (Å²) in [5, 5.41) is 7.12. The van der Waals surface area contributed by atoms with Gasteiger partial charge in [0.1, 0.15) is 17.2 Å². The quantitative estimate of drug-likeness (QED) is 0.762. The number of carbonyl (C=O) groups is 2. The Balaban J connectivity index is 0.000000360. The molecule has 0 saturated carbocycles. The van der Waals surface area contributed by atoms with Crippen LogP contribution in [-0.2, 0) is 23.1 Å². The summed E-state index contributed by atoms with van der Waals surface area (Å²) in [6.45, 7) is 6.61. The topological polar surface area (TPSA) is 88.2 Å². The number of ether oxygens (including phenoxy) is 1. The van der Waals surface area contributed by atoms with E-state index in [9.17, 15) is 18.0 Å². The summed E-state index contributed by atoms with van der Waals surface area (Å²) in [4.78, 5) is 26.0. The second-order valence-electron chi connectivity index (χ2n) is 7.93. The maximum absolute atomic E-state index is 12.8. The number of alkyl halides is 3. The van der Waals surface area contributed by atoms with Crippen LogP contribution in [0.3, 0.4) is 0 Å². The molecule has 176 valence electrons. The fourth-order valence-electron chi connectivity index (χ4n) is 3.93. The number of rotatable bonds is 3. The number of halogens is 3. The molecule has 2 saturated heterocycles. The van der Waals surface area contributed by atoms with E-state index < -0.39 is 12.1 Å². The lowest BCUT2D eigenvalue weighted by atomic mass is 10.1. The molecule has 8 nitrogen and oxygen atoms in total. The Morgan fingerprint density at radius 1 is 1.19 bits per heavy atom. The summed E-state index contributed by atoms with van der Waals surface area (Å²) in [6, 6.07) is 7.83. The van der Waals surface area contributed by atoms with Crippen molar-refractivity contribution >= 4 is 11.9 Å². The first kappa shape index (κ1) is 23.9. The van der Waals surface area contributed by atoms with Gasteiger partial charge in [-0.1, -0.05) is 0 Å². The molecule has 0 bridgehead atoms. The minimum Gasteiger partial charge on any atom is -0.475 e. The maximum Gasteiger partial charge on any atom is 0.490 e. The Kier molecular flexibility index (Phi) is 7.29. The molecule has 0 aromatic carbocycles. The van der Waals surface area contributed by atoms with Crippen molar-refractivity contribution in [3.8, 4) is 0 Å². The Hall–Kier alpha value is -2.79. The van der Waals surface area contributed by atoms with E-state index in [2.05, 4.69) is 4.90 Å². The molecule has 0 spiro atoms. The van der Waals surface area contributed by atoms with Crippen LogP contribution in [0.4, 0.5) is 13.2 Å². The minimum atomic E-state index is -5.08. The highest BCUT2D eigenvalue weighted by Gasteiger charge is 2.39. The monoisotopic (exact) mass is 457 g/mol. The summed E-state index contributed by atoms with van der Waals surface area (Å²) in [5.74, 6) is -0.378. The summed E-state index contributed by atoms with van der Waals surface area (Å²) in [7, 11) is 1.91. The molecule has 0 radical (unpaired) electrons. The lowest BCUT2D eigenvalue weighted by molar-refractivity contribution is -0.192. The van der Waals surface area contributed by atoms with Crippen LogP contribution in [-0.4, -0.2) is 76.4 Å². The predicted octanol–water partition coefficient (Wildman–Crippen LogP) is 2.53. The number of hydrogen-bond acceptors (Lipinski definition) is 5. The number of furan rings is 1. The van der Waals surface area contributed by atoms with Crippen LogP contribution >= 0.6 is 0 Å². The zero-order valence-corrected chi connectivity index (χ0v) is 17.8. The van der Waals surface area contributed by atoms with E-state index in [-0.39, 0.29) is 12.0 Å². The number of nitrogens with zero attached hydrogens (tertiary/aromatic N) is 3. The van der Waals surface area contributed by atoms with Gasteiger partial charge in [-0.3, -0.25) is 9.69 Å². The number of amides is 1. The molecular formula is C21H26F3N3O5. The third-order valence-corrected chi connectivity index (χ3v) is 5.47. The van der Waals surface area contributed by atoms with E-state index in [4.69, 9.17) is 19.1 Å². The molecule has 2 aromatic heterocycles. The van der Waals surface area contributed by atoms with E-state index in [1.165, 1.54) is 0 Å². The summed E-state index contributed by atoms with van der Waals surface area (Å²) in [6.07, 6.45) is -2.98. The Morgan fingerprint density at radius 3 is 2.47 bits per heavy atom. The van der Waals surface area contributed by atoms with Gasteiger partial charge >= 0.3 is 12.1 Å². The highest BCUT2D eigenvalue weighted by atomic mass is 19.4. The number of likely N-dealkylation sites (tertiary alicyclic amines) is 1. The van der Waals surface area contributed by atoms with Gasteiger partial charge in [0.05, 0.1) is 19.3 Å². The molecule has 1 N–H and O–H groups in total. The first-order valence-electron chi connectivity index (χ1n) is 10.1. The van der Waals surface area contributed by atoms with Gasteiger partial charge in [-0.25, -0.2) is 4.79 Å². The van der Waals surface area contributed by atoms with Gasteiger partial charge in [0.25, 0.3) is 5.91 Å². The van der Waals surface area contributed by atoms with Crippen molar-refractivity contribution in [1.29, 1.82) is 0 Å². The zero-order chi connectivity index (χ0) is 23.5. The number of fused-ring (bicyclic) bond motifs is 1. The van der Waals surface area contributed by atoms with Crippen molar-refractivity contribution in [3.63, 3.8) is 0 Å². The molecule has 4 rings (SSSR count). The lowest BCUT2D eigenvalue weighted by Gasteiger charge is -2.23. The van der Waals surface area contributed by atoms with Crippen LogP contribution in [0, 0.1) is 12.8 Å². The third-order valence-electron chi connectivity index (χ3n) is 5.47. The average Bonchev–Trinajstić information content (AvgIpc) is 3.38. The third kappa shape index (κ3) is 5.92. The molecule has 11 heteroatoms. The predicted molar refractivity (Wildman–Crippen MR) is 107 cm³/mol. The Morgan fingerprint density at radius 2 is 1.91 bits per heavy atom. The number of hydrogen-bond donors (Lipinski definition) is 1. The van der Waals surface area contributed by atoms with E-state index in [0.717, 1.165) is 43.4 Å². The zero-order valence-electron chi connectivity index (χ0n) is 17.8. The molecule has 2 aromatic rings. The molecular weight excluding hydrogens is 431 g/mol. The summed E-state index contributed by atoms with van der Waals surface area (Å²) >= 11 is 0. The Bertz CT molecular complexity index is 939. The van der Waals surface area contributed by atoms with Gasteiger partial charge in [0, 0.05) is 45.3 Å². The molecule has 2 fully saturated rings. The van der Waals surface area contributed by atoms with Gasteiger partial charge in [0.15, 0.2) is 0 Å². The summed E-state index contributed by atoms with van der Waals surface area (Å²) < 4.78 is 45.4.